The Kier molecular flexibility index (Phi) is 6.01. The Morgan fingerprint density at radius 1 is 1.19 bits per heavy atom. The molecule has 3 heterocycles. The molecule has 2 aliphatic heterocycles. The Morgan fingerprint density at radius 2 is 2.06 bits per heavy atom. The van der Waals surface area contributed by atoms with Gasteiger partial charge in [0.15, 0.2) is 0 Å². The zero-order valence-electron chi connectivity index (χ0n) is 18.7. The van der Waals surface area contributed by atoms with Crippen molar-refractivity contribution in [2.75, 3.05) is 55.1 Å². The molecule has 0 bridgehead atoms. The van der Waals surface area contributed by atoms with Crippen LogP contribution in [0.4, 0.5) is 22.9 Å². The number of rotatable bonds is 4. The Labute approximate surface area is 185 Å². The number of hydrogen-bond donors (Lipinski definition) is 1. The minimum atomic E-state index is 0.409. The Hall–Kier alpha value is -2.31. The van der Waals surface area contributed by atoms with Crippen LogP contribution >= 0.6 is 0 Å². The van der Waals surface area contributed by atoms with E-state index in [4.69, 9.17) is 9.47 Å². The van der Waals surface area contributed by atoms with Crippen molar-refractivity contribution >= 4 is 22.9 Å². The second-order valence-electron chi connectivity index (χ2n) is 9.25. The highest BCUT2D eigenvalue weighted by Crippen LogP contribution is 2.40. The van der Waals surface area contributed by atoms with Gasteiger partial charge in [0.1, 0.15) is 5.82 Å². The number of hydrogen-bond acceptors (Lipinski definition) is 6. The molecule has 2 fully saturated rings. The molecule has 6 nitrogen and oxygen atoms in total. The van der Waals surface area contributed by atoms with Gasteiger partial charge in [-0.1, -0.05) is 13.0 Å². The molecule has 3 atom stereocenters. The Morgan fingerprint density at radius 3 is 2.87 bits per heavy atom. The fourth-order valence-corrected chi connectivity index (χ4v) is 5.47. The second kappa shape index (κ2) is 9.05. The molecule has 0 radical (unpaired) electrons. The van der Waals surface area contributed by atoms with E-state index in [0.717, 1.165) is 57.3 Å². The van der Waals surface area contributed by atoms with Gasteiger partial charge in [-0.05, 0) is 55.4 Å². The second-order valence-corrected chi connectivity index (χ2v) is 9.25. The Balaban J connectivity index is 1.44. The quantitative estimate of drug-likeness (QED) is 0.787. The zero-order chi connectivity index (χ0) is 21.2. The minimum absolute atomic E-state index is 0.409. The number of pyridine rings is 1. The van der Waals surface area contributed by atoms with Crippen LogP contribution in [-0.4, -0.2) is 51.0 Å². The van der Waals surface area contributed by atoms with E-state index in [9.17, 15) is 0 Å². The van der Waals surface area contributed by atoms with Crippen molar-refractivity contribution in [3.8, 4) is 0 Å². The molecule has 6 heteroatoms. The lowest BCUT2D eigenvalue weighted by Gasteiger charge is -2.37. The first kappa shape index (κ1) is 20.6. The molecule has 5 rings (SSSR count). The van der Waals surface area contributed by atoms with Crippen molar-refractivity contribution in [1.82, 2.24) is 4.98 Å². The van der Waals surface area contributed by atoms with Crippen LogP contribution in [0.1, 0.15) is 31.7 Å². The predicted molar refractivity (Wildman–Crippen MR) is 125 cm³/mol. The maximum absolute atomic E-state index is 5.70. The molecule has 1 saturated heterocycles. The summed E-state index contributed by atoms with van der Waals surface area (Å²) in [7, 11) is 1.86. The molecular weight excluding hydrogens is 388 g/mol. The van der Waals surface area contributed by atoms with Gasteiger partial charge in [-0.3, -0.25) is 0 Å². The van der Waals surface area contributed by atoms with E-state index < -0.39 is 0 Å². The van der Waals surface area contributed by atoms with Gasteiger partial charge in [-0.15, -0.1) is 0 Å². The van der Waals surface area contributed by atoms with E-state index in [-0.39, 0.29) is 0 Å². The molecular formula is C25H34N4O2. The van der Waals surface area contributed by atoms with Crippen molar-refractivity contribution in [3.63, 3.8) is 0 Å². The van der Waals surface area contributed by atoms with Crippen molar-refractivity contribution in [2.24, 2.45) is 11.8 Å². The topological polar surface area (TPSA) is 49.9 Å². The standard InChI is InChI=1S/C25H34N4O2/c1-18-14-19(5-8-24(18)30-2)16-29-17-20-4-3-9-26-25(20)27-22-7-6-21(15-23(22)29)28-10-12-31-13-11-28/h3-4,6-7,9,15,18-19,24H,5,8,10-14,16-17H2,1-2H3,(H,26,27)/t18-,19-,24+/m0/s1. The van der Waals surface area contributed by atoms with Crippen LogP contribution in [0.15, 0.2) is 36.5 Å². The van der Waals surface area contributed by atoms with Crippen LogP contribution in [0.3, 0.4) is 0 Å². The number of methoxy groups -OCH3 is 1. The highest BCUT2D eigenvalue weighted by Gasteiger charge is 2.30. The van der Waals surface area contributed by atoms with Crippen LogP contribution in [-0.2, 0) is 16.0 Å². The minimum Gasteiger partial charge on any atom is -0.381 e. The van der Waals surface area contributed by atoms with Gasteiger partial charge in [0, 0.05) is 50.7 Å². The van der Waals surface area contributed by atoms with Gasteiger partial charge >= 0.3 is 0 Å². The summed E-state index contributed by atoms with van der Waals surface area (Å²) >= 11 is 0. The number of morpholine rings is 1. The molecule has 2 aromatic rings. The van der Waals surface area contributed by atoms with Crippen molar-refractivity contribution < 1.29 is 9.47 Å². The number of ether oxygens (including phenoxy) is 2. The molecule has 1 N–H and O–H groups in total. The predicted octanol–water partition coefficient (Wildman–Crippen LogP) is 4.43. The number of benzene rings is 1. The summed E-state index contributed by atoms with van der Waals surface area (Å²) in [5.41, 5.74) is 4.96. The Bertz CT molecular complexity index is 899. The zero-order valence-corrected chi connectivity index (χ0v) is 18.7. The average Bonchev–Trinajstić information content (AvgIpc) is 2.96. The number of anilines is 4. The molecule has 0 amide bonds. The number of fused-ring (bicyclic) bond motifs is 2. The normalized spacial score (nSPS) is 25.9. The van der Waals surface area contributed by atoms with E-state index in [1.54, 1.807) is 0 Å². The number of nitrogens with zero attached hydrogens (tertiary/aromatic N) is 3. The SMILES string of the molecule is CO[C@@H]1CC[C@H](CN2Cc3cccnc3Nc3ccc(N4CCOCC4)cc32)C[C@@H]1C. The van der Waals surface area contributed by atoms with Crippen LogP contribution in [0, 0.1) is 11.8 Å². The van der Waals surface area contributed by atoms with Crippen molar-refractivity contribution in [3.05, 3.63) is 42.1 Å². The van der Waals surface area contributed by atoms with Crippen LogP contribution < -0.4 is 15.1 Å². The molecule has 166 valence electrons. The van der Waals surface area contributed by atoms with Crippen molar-refractivity contribution in [1.29, 1.82) is 0 Å². The lowest BCUT2D eigenvalue weighted by atomic mass is 9.80. The monoisotopic (exact) mass is 422 g/mol. The van der Waals surface area contributed by atoms with Crippen molar-refractivity contribution in [2.45, 2.75) is 38.8 Å². The van der Waals surface area contributed by atoms with E-state index in [1.807, 2.05) is 19.4 Å². The van der Waals surface area contributed by atoms with Gasteiger partial charge in [0.2, 0.25) is 0 Å². The smallest absolute Gasteiger partial charge is 0.135 e. The van der Waals surface area contributed by atoms with E-state index in [2.05, 4.69) is 51.3 Å². The highest BCUT2D eigenvalue weighted by molar-refractivity contribution is 5.81. The van der Waals surface area contributed by atoms with E-state index >= 15 is 0 Å². The first-order chi connectivity index (χ1) is 15.2. The fourth-order valence-electron chi connectivity index (χ4n) is 5.47. The lowest BCUT2D eigenvalue weighted by Crippen LogP contribution is -2.37. The summed E-state index contributed by atoms with van der Waals surface area (Å²) in [5.74, 6) is 2.27. The highest BCUT2D eigenvalue weighted by atomic mass is 16.5. The summed E-state index contributed by atoms with van der Waals surface area (Å²) in [4.78, 5) is 9.63. The third-order valence-electron chi connectivity index (χ3n) is 7.18. The lowest BCUT2D eigenvalue weighted by molar-refractivity contribution is 0.0163. The maximum atomic E-state index is 5.70. The van der Waals surface area contributed by atoms with Gasteiger partial charge in [-0.2, -0.15) is 0 Å². The first-order valence-electron chi connectivity index (χ1n) is 11.7. The molecule has 1 aromatic heterocycles. The molecule has 0 spiro atoms. The fraction of sp³-hybridized carbons (Fsp3) is 0.560. The summed E-state index contributed by atoms with van der Waals surface area (Å²) in [6.45, 7) is 7.79. The average molecular weight is 423 g/mol. The molecule has 1 aromatic carbocycles. The molecule has 3 aliphatic rings. The largest absolute Gasteiger partial charge is 0.381 e. The number of nitrogens with one attached hydrogen (secondary N) is 1. The number of aromatic nitrogens is 1. The van der Waals surface area contributed by atoms with Crippen LogP contribution in [0.25, 0.3) is 0 Å². The third kappa shape index (κ3) is 4.37. The van der Waals surface area contributed by atoms with Gasteiger partial charge < -0.3 is 24.6 Å². The van der Waals surface area contributed by atoms with E-state index in [1.165, 1.54) is 29.8 Å². The molecule has 0 unspecified atom stereocenters. The summed E-state index contributed by atoms with van der Waals surface area (Å²) < 4.78 is 11.3. The first-order valence-corrected chi connectivity index (χ1v) is 11.7. The molecule has 31 heavy (non-hydrogen) atoms. The van der Waals surface area contributed by atoms with Crippen LogP contribution in [0.2, 0.25) is 0 Å². The van der Waals surface area contributed by atoms with Crippen LogP contribution in [0.5, 0.6) is 0 Å². The molecule has 1 aliphatic carbocycles. The summed E-state index contributed by atoms with van der Waals surface area (Å²) in [6, 6.07) is 11.1. The van der Waals surface area contributed by atoms with Gasteiger partial charge in [0.05, 0.1) is 30.7 Å². The van der Waals surface area contributed by atoms with E-state index in [0.29, 0.717) is 17.9 Å². The molecule has 1 saturated carbocycles. The summed E-state index contributed by atoms with van der Waals surface area (Å²) in [5, 5.41) is 3.61. The van der Waals surface area contributed by atoms with Gasteiger partial charge in [0.25, 0.3) is 0 Å². The summed E-state index contributed by atoms with van der Waals surface area (Å²) in [6.07, 6.45) is 5.89. The third-order valence-corrected chi connectivity index (χ3v) is 7.18. The van der Waals surface area contributed by atoms with Gasteiger partial charge in [-0.25, -0.2) is 4.98 Å². The maximum Gasteiger partial charge on any atom is 0.135 e.